The van der Waals surface area contributed by atoms with E-state index in [1.165, 1.54) is 0 Å². The van der Waals surface area contributed by atoms with Gasteiger partial charge < -0.3 is 24.3 Å². The number of nitrogens with zero attached hydrogens (tertiary/aromatic N) is 4. The molecule has 0 N–H and O–H groups in total. The summed E-state index contributed by atoms with van der Waals surface area (Å²) in [6.45, 7) is 3.43. The van der Waals surface area contributed by atoms with Crippen LogP contribution in [0.1, 0.15) is 37.7 Å². The van der Waals surface area contributed by atoms with Crippen molar-refractivity contribution < 1.29 is 19.1 Å². The Bertz CT molecular complexity index is 1080. The average molecular weight is 505 g/mol. The Morgan fingerprint density at radius 2 is 1.41 bits per heavy atom. The summed E-state index contributed by atoms with van der Waals surface area (Å²) in [4.78, 5) is 47.3. The van der Waals surface area contributed by atoms with Gasteiger partial charge in [0.25, 0.3) is 5.91 Å². The number of ether oxygens (including phenoxy) is 1. The van der Waals surface area contributed by atoms with Crippen molar-refractivity contribution in [2.24, 2.45) is 0 Å². The van der Waals surface area contributed by atoms with Crippen LogP contribution in [0.15, 0.2) is 60.7 Å². The minimum atomic E-state index is -0.745. The minimum absolute atomic E-state index is 0.00543. The summed E-state index contributed by atoms with van der Waals surface area (Å²) in [5, 5.41) is 0. The Morgan fingerprint density at radius 1 is 0.784 bits per heavy atom. The molecule has 5 rings (SSSR count). The number of hydrogen-bond donors (Lipinski definition) is 0. The highest BCUT2D eigenvalue weighted by molar-refractivity contribution is 5.96. The Morgan fingerprint density at radius 3 is 2.08 bits per heavy atom. The van der Waals surface area contributed by atoms with E-state index in [2.05, 4.69) is 4.90 Å². The average Bonchev–Trinajstić information content (AvgIpc) is 3.21. The first-order chi connectivity index (χ1) is 18.1. The van der Waals surface area contributed by atoms with Crippen molar-refractivity contribution in [2.45, 2.75) is 44.2 Å². The predicted molar refractivity (Wildman–Crippen MR) is 141 cm³/mol. The molecule has 8 heteroatoms. The second-order valence-electron chi connectivity index (χ2n) is 10.2. The molecule has 0 radical (unpaired) electrons. The minimum Gasteiger partial charge on any atom is -0.367 e. The van der Waals surface area contributed by atoms with Gasteiger partial charge in [-0.3, -0.25) is 14.4 Å². The van der Waals surface area contributed by atoms with Gasteiger partial charge in [0.1, 0.15) is 18.7 Å². The van der Waals surface area contributed by atoms with E-state index >= 15 is 0 Å². The van der Waals surface area contributed by atoms with Crippen LogP contribution in [0, 0.1) is 0 Å². The first kappa shape index (κ1) is 25.3. The van der Waals surface area contributed by atoms with Crippen molar-refractivity contribution in [3.05, 3.63) is 66.2 Å². The first-order valence-electron chi connectivity index (χ1n) is 13.4. The molecule has 3 fully saturated rings. The van der Waals surface area contributed by atoms with Crippen molar-refractivity contribution in [2.75, 3.05) is 50.9 Å². The van der Waals surface area contributed by atoms with Crippen molar-refractivity contribution in [3.8, 4) is 0 Å². The highest BCUT2D eigenvalue weighted by Gasteiger charge is 2.54. The van der Waals surface area contributed by atoms with Gasteiger partial charge in [0.05, 0.1) is 13.3 Å². The summed E-state index contributed by atoms with van der Waals surface area (Å²) in [6, 6.07) is 19.7. The maximum absolute atomic E-state index is 13.9. The number of rotatable bonds is 7. The molecule has 0 unspecified atom stereocenters. The molecule has 3 amide bonds. The van der Waals surface area contributed by atoms with E-state index in [-0.39, 0.29) is 30.9 Å². The van der Waals surface area contributed by atoms with Crippen LogP contribution in [0.2, 0.25) is 0 Å². The van der Waals surface area contributed by atoms with Crippen LogP contribution in [-0.2, 0) is 25.7 Å². The molecule has 0 aromatic heterocycles. The normalized spacial score (nSPS) is 19.5. The number of hydrogen-bond acceptors (Lipinski definition) is 5. The van der Waals surface area contributed by atoms with E-state index in [1.807, 2.05) is 65.6 Å². The third kappa shape index (κ3) is 5.49. The third-order valence-electron chi connectivity index (χ3n) is 7.90. The van der Waals surface area contributed by atoms with Crippen LogP contribution in [0.5, 0.6) is 0 Å². The van der Waals surface area contributed by atoms with Gasteiger partial charge in [-0.2, -0.15) is 0 Å². The summed E-state index contributed by atoms with van der Waals surface area (Å²) in [5.74, 6) is -0.0324. The molecule has 0 saturated carbocycles. The Labute approximate surface area is 218 Å². The van der Waals surface area contributed by atoms with Gasteiger partial charge in [-0.1, -0.05) is 48.5 Å². The lowest BCUT2D eigenvalue weighted by Gasteiger charge is -2.43. The smallest absolute Gasteiger partial charge is 0.250 e. The number of piperidine rings is 2. The fourth-order valence-electron chi connectivity index (χ4n) is 5.78. The van der Waals surface area contributed by atoms with Gasteiger partial charge in [0.2, 0.25) is 11.8 Å². The molecule has 3 saturated heterocycles. The molecule has 0 aliphatic carbocycles. The van der Waals surface area contributed by atoms with Gasteiger partial charge >= 0.3 is 0 Å². The highest BCUT2D eigenvalue weighted by Crippen LogP contribution is 2.39. The van der Waals surface area contributed by atoms with Crippen molar-refractivity contribution in [1.82, 2.24) is 14.7 Å². The topological polar surface area (TPSA) is 73.4 Å². The number of para-hydroxylation sites is 1. The summed E-state index contributed by atoms with van der Waals surface area (Å²) in [6.07, 6.45) is 4.26. The van der Waals surface area contributed by atoms with Gasteiger partial charge in [0.15, 0.2) is 0 Å². The number of carbonyl (C=O) groups is 3. The lowest BCUT2D eigenvalue weighted by atomic mass is 9.85. The molecule has 8 nitrogen and oxygen atoms in total. The Hall–Kier alpha value is -3.39. The van der Waals surface area contributed by atoms with Gasteiger partial charge in [-0.15, -0.1) is 0 Å². The van der Waals surface area contributed by atoms with Crippen LogP contribution < -0.4 is 4.90 Å². The molecule has 2 aromatic carbocycles. The SMILES string of the molecule is O=C(COCc1ccccc1)N1CCC2(CC1)C(=O)N(CC(=O)N1CCCCC1)CN2c1ccccc1. The number of amides is 3. The molecular formula is C29H36N4O4. The molecule has 37 heavy (non-hydrogen) atoms. The van der Waals surface area contributed by atoms with Crippen molar-refractivity contribution in [3.63, 3.8) is 0 Å². The lowest BCUT2D eigenvalue weighted by molar-refractivity contribution is -0.143. The zero-order chi connectivity index (χ0) is 25.7. The van der Waals surface area contributed by atoms with Gasteiger partial charge in [-0.25, -0.2) is 0 Å². The second-order valence-corrected chi connectivity index (χ2v) is 10.2. The number of benzene rings is 2. The fraction of sp³-hybridized carbons (Fsp3) is 0.483. The largest absolute Gasteiger partial charge is 0.367 e. The summed E-state index contributed by atoms with van der Waals surface area (Å²) < 4.78 is 5.66. The monoisotopic (exact) mass is 504 g/mol. The standard InChI is InChI=1S/C29H36N4O4/c34-26(30-16-8-3-9-17-30)20-32-23-33(25-12-6-2-7-13-25)29(28(32)36)14-18-31(19-15-29)27(35)22-37-21-24-10-4-1-5-11-24/h1-2,4-7,10-13H,3,8-9,14-23H2. The van der Waals surface area contributed by atoms with E-state index < -0.39 is 5.54 Å². The number of carbonyl (C=O) groups excluding carboxylic acids is 3. The maximum Gasteiger partial charge on any atom is 0.250 e. The van der Waals surface area contributed by atoms with Crippen molar-refractivity contribution in [1.29, 1.82) is 0 Å². The fourth-order valence-corrected chi connectivity index (χ4v) is 5.78. The summed E-state index contributed by atoms with van der Waals surface area (Å²) in [5.41, 5.74) is 1.25. The molecule has 0 bridgehead atoms. The zero-order valence-corrected chi connectivity index (χ0v) is 21.4. The van der Waals surface area contributed by atoms with Crippen LogP contribution in [-0.4, -0.2) is 84.0 Å². The molecular weight excluding hydrogens is 468 g/mol. The van der Waals surface area contributed by atoms with E-state index in [0.717, 1.165) is 43.6 Å². The Balaban J connectivity index is 1.24. The van der Waals surface area contributed by atoms with Gasteiger partial charge in [0, 0.05) is 31.9 Å². The summed E-state index contributed by atoms with van der Waals surface area (Å²) in [7, 11) is 0. The molecule has 0 atom stereocenters. The molecule has 196 valence electrons. The quantitative estimate of drug-likeness (QED) is 0.580. The van der Waals surface area contributed by atoms with E-state index in [0.29, 0.717) is 39.2 Å². The van der Waals surface area contributed by atoms with Gasteiger partial charge in [-0.05, 0) is 49.8 Å². The van der Waals surface area contributed by atoms with E-state index in [1.54, 1.807) is 9.80 Å². The molecule has 3 aliphatic rings. The second kappa shape index (κ2) is 11.3. The lowest BCUT2D eigenvalue weighted by Crippen LogP contribution is -2.57. The number of likely N-dealkylation sites (tertiary alicyclic amines) is 2. The molecule has 3 heterocycles. The van der Waals surface area contributed by atoms with Crippen LogP contribution in [0.4, 0.5) is 5.69 Å². The third-order valence-corrected chi connectivity index (χ3v) is 7.90. The Kier molecular flexibility index (Phi) is 7.74. The highest BCUT2D eigenvalue weighted by atomic mass is 16.5. The van der Waals surface area contributed by atoms with Crippen LogP contribution >= 0.6 is 0 Å². The first-order valence-corrected chi connectivity index (χ1v) is 13.4. The summed E-state index contributed by atoms with van der Waals surface area (Å²) >= 11 is 0. The predicted octanol–water partition coefficient (Wildman–Crippen LogP) is 2.88. The molecule has 3 aliphatic heterocycles. The van der Waals surface area contributed by atoms with Crippen molar-refractivity contribution >= 4 is 23.4 Å². The molecule has 2 aromatic rings. The van der Waals surface area contributed by atoms with E-state index in [4.69, 9.17) is 4.74 Å². The maximum atomic E-state index is 13.9. The molecule has 1 spiro atoms. The van der Waals surface area contributed by atoms with E-state index in [9.17, 15) is 14.4 Å². The zero-order valence-electron chi connectivity index (χ0n) is 21.4. The number of anilines is 1. The van der Waals surface area contributed by atoms with Crippen LogP contribution in [0.25, 0.3) is 0 Å². The van der Waals surface area contributed by atoms with Crippen LogP contribution in [0.3, 0.4) is 0 Å².